The van der Waals surface area contributed by atoms with Gasteiger partial charge in [0.1, 0.15) is 11.6 Å². The van der Waals surface area contributed by atoms with E-state index in [2.05, 4.69) is 10.3 Å². The third-order valence-corrected chi connectivity index (χ3v) is 5.13. The van der Waals surface area contributed by atoms with Crippen LogP contribution in [0, 0.1) is 0 Å². The summed E-state index contributed by atoms with van der Waals surface area (Å²) in [5.41, 5.74) is 9.26. The molecule has 0 aliphatic carbocycles. The lowest BCUT2D eigenvalue weighted by molar-refractivity contribution is -0.116. The zero-order valence-corrected chi connectivity index (χ0v) is 16.8. The number of nitrogens with two attached hydrogens (primary N) is 1. The van der Waals surface area contributed by atoms with Crippen LogP contribution in [-0.2, 0) is 4.79 Å². The molecule has 2 aromatic carbocycles. The molecule has 0 aliphatic rings. The fraction of sp³-hybridized carbons (Fsp3) is 0.0833. The van der Waals surface area contributed by atoms with Crippen LogP contribution < -0.4 is 11.1 Å². The SMILES string of the molecule is Nc1cc(C(CC(=O)Nc2ccc(-c3ccccc3)c(Cl)c2)c2ccco2)ccn1. The first-order valence-corrected chi connectivity index (χ1v) is 9.87. The second-order valence-corrected chi connectivity index (χ2v) is 7.30. The van der Waals surface area contributed by atoms with E-state index in [0.29, 0.717) is 22.3 Å². The van der Waals surface area contributed by atoms with Crippen molar-refractivity contribution in [2.45, 2.75) is 12.3 Å². The molecule has 4 rings (SSSR count). The maximum Gasteiger partial charge on any atom is 0.225 e. The van der Waals surface area contributed by atoms with Gasteiger partial charge in [-0.2, -0.15) is 0 Å². The topological polar surface area (TPSA) is 81.2 Å². The molecule has 2 heterocycles. The minimum absolute atomic E-state index is 0.157. The lowest BCUT2D eigenvalue weighted by atomic mass is 9.93. The lowest BCUT2D eigenvalue weighted by Gasteiger charge is -2.16. The Morgan fingerprint density at radius 1 is 1.07 bits per heavy atom. The normalized spacial score (nSPS) is 11.8. The number of anilines is 2. The Kier molecular flexibility index (Phi) is 5.82. The Hall–Kier alpha value is -3.57. The maximum absolute atomic E-state index is 12.8. The summed E-state index contributed by atoms with van der Waals surface area (Å²) in [6.07, 6.45) is 3.41. The van der Waals surface area contributed by atoms with E-state index in [1.165, 1.54) is 0 Å². The number of nitrogens with one attached hydrogen (secondary N) is 1. The van der Waals surface area contributed by atoms with Crippen molar-refractivity contribution in [3.05, 3.63) is 102 Å². The van der Waals surface area contributed by atoms with E-state index in [1.807, 2.05) is 54.6 Å². The van der Waals surface area contributed by atoms with Gasteiger partial charge in [0.25, 0.3) is 0 Å². The molecule has 0 bridgehead atoms. The highest BCUT2D eigenvalue weighted by Crippen LogP contribution is 2.32. The Morgan fingerprint density at radius 3 is 2.60 bits per heavy atom. The average molecular weight is 418 g/mol. The number of aromatic nitrogens is 1. The molecule has 0 fully saturated rings. The van der Waals surface area contributed by atoms with Gasteiger partial charge in [-0.05, 0) is 47.5 Å². The van der Waals surface area contributed by atoms with E-state index in [0.717, 1.165) is 16.7 Å². The first-order chi connectivity index (χ1) is 14.6. The average Bonchev–Trinajstić information content (AvgIpc) is 3.27. The van der Waals surface area contributed by atoms with Gasteiger partial charge >= 0.3 is 0 Å². The molecule has 0 saturated carbocycles. The lowest BCUT2D eigenvalue weighted by Crippen LogP contribution is -2.16. The highest BCUT2D eigenvalue weighted by Gasteiger charge is 2.21. The van der Waals surface area contributed by atoms with Gasteiger partial charge in [0.15, 0.2) is 0 Å². The summed E-state index contributed by atoms with van der Waals surface area (Å²) in [6, 6.07) is 22.6. The number of halogens is 1. The van der Waals surface area contributed by atoms with E-state index in [-0.39, 0.29) is 18.2 Å². The standard InChI is InChI=1S/C24H20ClN3O2/c25-21-14-18(8-9-19(21)16-5-2-1-3-6-16)28-24(29)15-20(22-7-4-12-30-22)17-10-11-27-23(26)13-17/h1-14,20H,15H2,(H2,26,27)(H,28,29). The van der Waals surface area contributed by atoms with Gasteiger partial charge in [-0.3, -0.25) is 4.79 Å². The van der Waals surface area contributed by atoms with Crippen LogP contribution in [0.4, 0.5) is 11.5 Å². The van der Waals surface area contributed by atoms with Crippen LogP contribution in [0.5, 0.6) is 0 Å². The fourth-order valence-electron chi connectivity index (χ4n) is 3.40. The van der Waals surface area contributed by atoms with Crippen molar-refractivity contribution in [1.29, 1.82) is 0 Å². The number of nitrogen functional groups attached to an aromatic ring is 1. The van der Waals surface area contributed by atoms with Gasteiger partial charge in [-0.15, -0.1) is 0 Å². The molecule has 0 saturated heterocycles. The molecule has 4 aromatic rings. The summed E-state index contributed by atoms with van der Waals surface area (Å²) in [5.74, 6) is 0.653. The van der Waals surface area contributed by atoms with Gasteiger partial charge in [-0.25, -0.2) is 4.98 Å². The third-order valence-electron chi connectivity index (χ3n) is 4.82. The number of hydrogen-bond acceptors (Lipinski definition) is 4. The Morgan fingerprint density at radius 2 is 1.90 bits per heavy atom. The summed E-state index contributed by atoms with van der Waals surface area (Å²) in [6.45, 7) is 0. The molecule has 6 heteroatoms. The molecule has 3 N–H and O–H groups in total. The van der Waals surface area contributed by atoms with E-state index in [4.69, 9.17) is 21.8 Å². The van der Waals surface area contributed by atoms with Crippen LogP contribution in [0.3, 0.4) is 0 Å². The van der Waals surface area contributed by atoms with Crippen LogP contribution in [0.2, 0.25) is 5.02 Å². The highest BCUT2D eigenvalue weighted by atomic mass is 35.5. The van der Waals surface area contributed by atoms with Crippen LogP contribution >= 0.6 is 11.6 Å². The third kappa shape index (κ3) is 4.53. The number of nitrogens with zero attached hydrogens (tertiary/aromatic N) is 1. The van der Waals surface area contributed by atoms with E-state index in [1.54, 1.807) is 30.7 Å². The number of carbonyl (C=O) groups is 1. The monoisotopic (exact) mass is 417 g/mol. The highest BCUT2D eigenvalue weighted by molar-refractivity contribution is 6.33. The van der Waals surface area contributed by atoms with E-state index in [9.17, 15) is 4.79 Å². The van der Waals surface area contributed by atoms with Crippen molar-refractivity contribution in [2.75, 3.05) is 11.1 Å². The largest absolute Gasteiger partial charge is 0.469 e. The van der Waals surface area contributed by atoms with Crippen LogP contribution in [-0.4, -0.2) is 10.9 Å². The summed E-state index contributed by atoms with van der Waals surface area (Å²) in [4.78, 5) is 16.8. The van der Waals surface area contributed by atoms with E-state index >= 15 is 0 Å². The molecular weight excluding hydrogens is 398 g/mol. The maximum atomic E-state index is 12.8. The van der Waals surface area contributed by atoms with Gasteiger partial charge in [0, 0.05) is 23.9 Å². The molecule has 0 spiro atoms. The molecule has 150 valence electrons. The first-order valence-electron chi connectivity index (χ1n) is 9.50. The van der Waals surface area contributed by atoms with Gasteiger partial charge in [0.05, 0.1) is 17.2 Å². The zero-order valence-electron chi connectivity index (χ0n) is 16.1. The Balaban J connectivity index is 1.52. The number of hydrogen-bond donors (Lipinski definition) is 2. The number of furan rings is 1. The summed E-state index contributed by atoms with van der Waals surface area (Å²) in [7, 11) is 0. The number of rotatable bonds is 6. The molecule has 30 heavy (non-hydrogen) atoms. The molecule has 1 unspecified atom stereocenters. The van der Waals surface area contributed by atoms with E-state index < -0.39 is 0 Å². The fourth-order valence-corrected chi connectivity index (χ4v) is 3.69. The smallest absolute Gasteiger partial charge is 0.225 e. The molecule has 2 aromatic heterocycles. The summed E-state index contributed by atoms with van der Waals surface area (Å²) >= 11 is 6.46. The van der Waals surface area contributed by atoms with Crippen molar-refractivity contribution in [3.8, 4) is 11.1 Å². The predicted octanol–water partition coefficient (Wildman–Crippen LogP) is 5.74. The predicted molar refractivity (Wildman–Crippen MR) is 119 cm³/mol. The molecule has 0 aliphatic heterocycles. The molecular formula is C24H20ClN3O2. The van der Waals surface area contributed by atoms with Crippen molar-refractivity contribution < 1.29 is 9.21 Å². The number of amides is 1. The van der Waals surface area contributed by atoms with Crippen LogP contribution in [0.25, 0.3) is 11.1 Å². The number of benzene rings is 2. The van der Waals surface area contributed by atoms with Gasteiger partial charge < -0.3 is 15.5 Å². The summed E-state index contributed by atoms with van der Waals surface area (Å²) in [5, 5.41) is 3.50. The van der Waals surface area contributed by atoms with Crippen molar-refractivity contribution in [2.24, 2.45) is 0 Å². The molecule has 0 radical (unpaired) electrons. The number of carbonyl (C=O) groups excluding carboxylic acids is 1. The summed E-state index contributed by atoms with van der Waals surface area (Å²) < 4.78 is 5.56. The van der Waals surface area contributed by atoms with Crippen molar-refractivity contribution in [1.82, 2.24) is 4.98 Å². The second-order valence-electron chi connectivity index (χ2n) is 6.89. The first kappa shape index (κ1) is 19.7. The van der Waals surface area contributed by atoms with Crippen molar-refractivity contribution in [3.63, 3.8) is 0 Å². The number of pyridine rings is 1. The van der Waals surface area contributed by atoms with Crippen LogP contribution in [0.15, 0.2) is 89.7 Å². The molecule has 1 amide bonds. The van der Waals surface area contributed by atoms with Crippen molar-refractivity contribution >= 4 is 29.0 Å². The Bertz CT molecular complexity index is 1140. The van der Waals surface area contributed by atoms with Gasteiger partial charge in [-0.1, -0.05) is 48.0 Å². The Labute approximate surface area is 179 Å². The minimum atomic E-state index is -0.274. The molecule has 5 nitrogen and oxygen atoms in total. The minimum Gasteiger partial charge on any atom is -0.469 e. The zero-order chi connectivity index (χ0) is 20.9. The quantitative estimate of drug-likeness (QED) is 0.419. The second kappa shape index (κ2) is 8.84. The van der Waals surface area contributed by atoms with Crippen LogP contribution in [0.1, 0.15) is 23.7 Å². The molecule has 1 atom stereocenters. The van der Waals surface area contributed by atoms with Gasteiger partial charge in [0.2, 0.25) is 5.91 Å².